The van der Waals surface area contributed by atoms with Gasteiger partial charge >= 0.3 is 0 Å². The highest BCUT2D eigenvalue weighted by Crippen LogP contribution is 2.20. The Labute approximate surface area is 176 Å². The first-order chi connectivity index (χ1) is 14.6. The molecule has 0 aromatic heterocycles. The Balaban J connectivity index is 1.49. The summed E-state index contributed by atoms with van der Waals surface area (Å²) in [5, 5.41) is 2.78. The third-order valence-corrected chi connectivity index (χ3v) is 5.13. The smallest absolute Gasteiger partial charge is 0.257 e. The minimum atomic E-state index is -0.187. The van der Waals surface area contributed by atoms with Crippen molar-refractivity contribution in [2.45, 2.75) is 12.8 Å². The summed E-state index contributed by atoms with van der Waals surface area (Å²) in [5.41, 5.74) is 1.11. The fourth-order valence-corrected chi connectivity index (χ4v) is 3.49. The van der Waals surface area contributed by atoms with Crippen LogP contribution in [-0.2, 0) is 4.79 Å². The van der Waals surface area contributed by atoms with E-state index < -0.39 is 0 Å². The van der Waals surface area contributed by atoms with E-state index in [0.29, 0.717) is 49.5 Å². The molecule has 30 heavy (non-hydrogen) atoms. The summed E-state index contributed by atoms with van der Waals surface area (Å²) in [7, 11) is 1.55. The SMILES string of the molecule is COc1ccccc1C(=O)N1CCCN(C(=O)CCNC(=O)c2ccccc2)CC1. The molecule has 2 aromatic carbocycles. The lowest BCUT2D eigenvalue weighted by molar-refractivity contribution is -0.130. The van der Waals surface area contributed by atoms with Crippen LogP contribution in [0.2, 0.25) is 0 Å². The van der Waals surface area contributed by atoms with Gasteiger partial charge in [0.25, 0.3) is 11.8 Å². The first-order valence-electron chi connectivity index (χ1n) is 10.1. The van der Waals surface area contributed by atoms with Crippen LogP contribution in [0.1, 0.15) is 33.6 Å². The number of methoxy groups -OCH3 is 1. The number of para-hydroxylation sites is 1. The molecule has 0 unspecified atom stereocenters. The second-order valence-electron chi connectivity index (χ2n) is 7.10. The number of ether oxygens (including phenoxy) is 1. The van der Waals surface area contributed by atoms with E-state index >= 15 is 0 Å². The Hall–Kier alpha value is -3.35. The third-order valence-electron chi connectivity index (χ3n) is 5.13. The topological polar surface area (TPSA) is 79.0 Å². The molecule has 0 bridgehead atoms. The maximum absolute atomic E-state index is 12.9. The summed E-state index contributed by atoms with van der Waals surface area (Å²) in [5.74, 6) is 0.258. The Morgan fingerprint density at radius 1 is 0.900 bits per heavy atom. The van der Waals surface area contributed by atoms with Gasteiger partial charge < -0.3 is 19.9 Å². The molecule has 1 aliphatic heterocycles. The highest BCUT2D eigenvalue weighted by Gasteiger charge is 2.24. The zero-order valence-electron chi connectivity index (χ0n) is 17.2. The van der Waals surface area contributed by atoms with E-state index in [1.165, 1.54) is 0 Å². The van der Waals surface area contributed by atoms with Gasteiger partial charge in [0.05, 0.1) is 12.7 Å². The van der Waals surface area contributed by atoms with E-state index in [1.54, 1.807) is 53.3 Å². The van der Waals surface area contributed by atoms with Gasteiger partial charge in [0.15, 0.2) is 0 Å². The van der Waals surface area contributed by atoms with E-state index in [0.717, 1.165) is 0 Å². The van der Waals surface area contributed by atoms with Crippen molar-refractivity contribution in [2.24, 2.45) is 0 Å². The van der Waals surface area contributed by atoms with Gasteiger partial charge in [-0.05, 0) is 30.7 Å². The number of rotatable bonds is 6. The van der Waals surface area contributed by atoms with Crippen LogP contribution in [0.15, 0.2) is 54.6 Å². The van der Waals surface area contributed by atoms with Gasteiger partial charge in [0.2, 0.25) is 5.91 Å². The van der Waals surface area contributed by atoms with Crippen molar-refractivity contribution in [3.63, 3.8) is 0 Å². The number of hydrogen-bond acceptors (Lipinski definition) is 4. The molecule has 7 heteroatoms. The molecule has 0 radical (unpaired) electrons. The van der Waals surface area contributed by atoms with Crippen LogP contribution < -0.4 is 10.1 Å². The first kappa shape index (κ1) is 21.4. The van der Waals surface area contributed by atoms with Gasteiger partial charge in [-0.1, -0.05) is 30.3 Å². The lowest BCUT2D eigenvalue weighted by Crippen LogP contribution is -2.38. The number of benzene rings is 2. The normalized spacial score (nSPS) is 14.0. The maximum atomic E-state index is 12.9. The molecule has 3 amide bonds. The predicted octanol–water partition coefficient (Wildman–Crippen LogP) is 2.19. The van der Waals surface area contributed by atoms with E-state index in [2.05, 4.69) is 5.32 Å². The lowest BCUT2D eigenvalue weighted by Gasteiger charge is -2.23. The van der Waals surface area contributed by atoms with Crippen molar-refractivity contribution in [3.8, 4) is 5.75 Å². The monoisotopic (exact) mass is 409 g/mol. The lowest BCUT2D eigenvalue weighted by atomic mass is 10.1. The molecular weight excluding hydrogens is 382 g/mol. The summed E-state index contributed by atoms with van der Waals surface area (Å²) < 4.78 is 5.30. The Kier molecular flexibility index (Phi) is 7.43. The van der Waals surface area contributed by atoms with Crippen molar-refractivity contribution in [2.75, 3.05) is 39.8 Å². The number of hydrogen-bond donors (Lipinski definition) is 1. The minimum Gasteiger partial charge on any atom is -0.496 e. The number of nitrogens with one attached hydrogen (secondary N) is 1. The quantitative estimate of drug-likeness (QED) is 0.793. The number of amides is 3. The Bertz CT molecular complexity index is 885. The van der Waals surface area contributed by atoms with E-state index in [4.69, 9.17) is 4.74 Å². The van der Waals surface area contributed by atoms with Gasteiger partial charge in [-0.2, -0.15) is 0 Å². The van der Waals surface area contributed by atoms with Crippen LogP contribution in [0.3, 0.4) is 0 Å². The summed E-state index contributed by atoms with van der Waals surface area (Å²) in [6.07, 6.45) is 0.946. The van der Waals surface area contributed by atoms with Crippen LogP contribution in [0.4, 0.5) is 0 Å². The van der Waals surface area contributed by atoms with Gasteiger partial charge in [-0.3, -0.25) is 14.4 Å². The van der Waals surface area contributed by atoms with Gasteiger partial charge in [-0.25, -0.2) is 0 Å². The zero-order valence-corrected chi connectivity index (χ0v) is 17.2. The third kappa shape index (κ3) is 5.37. The van der Waals surface area contributed by atoms with Gasteiger partial charge in [0, 0.05) is 44.7 Å². The maximum Gasteiger partial charge on any atom is 0.257 e. The number of carbonyl (C=O) groups excluding carboxylic acids is 3. The zero-order chi connectivity index (χ0) is 21.3. The summed E-state index contributed by atoms with van der Waals surface area (Å²) in [4.78, 5) is 41.1. The molecule has 0 aliphatic carbocycles. The summed E-state index contributed by atoms with van der Waals surface area (Å²) in [6, 6.07) is 16.1. The highest BCUT2D eigenvalue weighted by molar-refractivity contribution is 5.97. The Morgan fingerprint density at radius 2 is 1.57 bits per heavy atom. The van der Waals surface area contributed by atoms with Crippen molar-refractivity contribution in [3.05, 3.63) is 65.7 Å². The molecule has 1 heterocycles. The minimum absolute atomic E-state index is 0.0186. The molecule has 0 spiro atoms. The first-order valence-corrected chi connectivity index (χ1v) is 10.1. The average Bonchev–Trinajstić information content (AvgIpc) is 3.05. The standard InChI is InChI=1S/C23H27N3O4/c1-30-20-11-6-5-10-19(20)23(29)26-15-7-14-25(16-17-26)21(27)12-13-24-22(28)18-8-3-2-4-9-18/h2-6,8-11H,7,12-17H2,1H3,(H,24,28). The van der Waals surface area contributed by atoms with Crippen molar-refractivity contribution >= 4 is 17.7 Å². The fourth-order valence-electron chi connectivity index (χ4n) is 3.49. The molecule has 158 valence electrons. The molecule has 0 atom stereocenters. The summed E-state index contributed by atoms with van der Waals surface area (Å²) in [6.45, 7) is 2.42. The van der Waals surface area contributed by atoms with Crippen molar-refractivity contribution in [1.29, 1.82) is 0 Å². The number of carbonyl (C=O) groups is 3. The Morgan fingerprint density at radius 3 is 2.33 bits per heavy atom. The fraction of sp³-hybridized carbons (Fsp3) is 0.348. The molecule has 2 aromatic rings. The largest absolute Gasteiger partial charge is 0.496 e. The van der Waals surface area contributed by atoms with Crippen LogP contribution in [0.5, 0.6) is 5.75 Å². The second-order valence-corrected chi connectivity index (χ2v) is 7.10. The average molecular weight is 409 g/mol. The van der Waals surface area contributed by atoms with Crippen LogP contribution in [0.25, 0.3) is 0 Å². The predicted molar refractivity (Wildman–Crippen MR) is 113 cm³/mol. The molecule has 1 N–H and O–H groups in total. The highest BCUT2D eigenvalue weighted by atomic mass is 16.5. The van der Waals surface area contributed by atoms with Crippen LogP contribution >= 0.6 is 0 Å². The molecule has 1 fully saturated rings. The van der Waals surface area contributed by atoms with Gasteiger partial charge in [0.1, 0.15) is 5.75 Å². The van der Waals surface area contributed by atoms with E-state index in [1.807, 2.05) is 18.2 Å². The van der Waals surface area contributed by atoms with Gasteiger partial charge in [-0.15, -0.1) is 0 Å². The van der Waals surface area contributed by atoms with E-state index in [9.17, 15) is 14.4 Å². The van der Waals surface area contributed by atoms with Crippen molar-refractivity contribution < 1.29 is 19.1 Å². The second kappa shape index (κ2) is 10.4. The molecular formula is C23H27N3O4. The molecule has 3 rings (SSSR count). The summed E-state index contributed by atoms with van der Waals surface area (Å²) >= 11 is 0. The number of nitrogens with zero attached hydrogens (tertiary/aromatic N) is 2. The molecule has 7 nitrogen and oxygen atoms in total. The van der Waals surface area contributed by atoms with Crippen molar-refractivity contribution in [1.82, 2.24) is 15.1 Å². The molecule has 0 saturated carbocycles. The molecule has 1 aliphatic rings. The van der Waals surface area contributed by atoms with E-state index in [-0.39, 0.29) is 30.7 Å². The van der Waals surface area contributed by atoms with Crippen LogP contribution in [-0.4, -0.2) is 67.4 Å². The molecule has 1 saturated heterocycles. The van der Waals surface area contributed by atoms with Crippen LogP contribution in [0, 0.1) is 0 Å².